The van der Waals surface area contributed by atoms with Gasteiger partial charge in [0.05, 0.1) is 33.8 Å². The second-order valence-corrected chi connectivity index (χ2v) is 24.0. The number of allylic oxidation sites excluding steroid dienone is 21. The van der Waals surface area contributed by atoms with Gasteiger partial charge in [0.15, 0.2) is 0 Å². The van der Waals surface area contributed by atoms with Gasteiger partial charge in [-0.05, 0) is 115 Å². The molecule has 0 aliphatic rings. The molecule has 81 heavy (non-hydrogen) atoms. The van der Waals surface area contributed by atoms with Gasteiger partial charge in [0, 0.05) is 12.8 Å². The van der Waals surface area contributed by atoms with E-state index in [1.165, 1.54) is 89.9 Å². The monoisotopic (exact) mass is 1150 g/mol. The van der Waals surface area contributed by atoms with Crippen LogP contribution in [-0.4, -0.2) is 74.3 Å². The minimum atomic E-state index is -4.48. The lowest BCUT2D eigenvalue weighted by atomic mass is 10.0. The van der Waals surface area contributed by atoms with Gasteiger partial charge in [-0.3, -0.25) is 18.6 Å². The molecule has 0 aliphatic heterocycles. The highest BCUT2D eigenvalue weighted by molar-refractivity contribution is 7.47. The maximum atomic E-state index is 13.5. The highest BCUT2D eigenvalue weighted by Gasteiger charge is 2.30. The molecule has 9 nitrogen and oxygen atoms in total. The maximum absolute atomic E-state index is 13.5. The third kappa shape index (κ3) is 60.6. The average Bonchev–Trinajstić information content (AvgIpc) is 3.44. The summed E-state index contributed by atoms with van der Waals surface area (Å²) in [5.41, 5.74) is 0. The second kappa shape index (κ2) is 59.3. The lowest BCUT2D eigenvalue weighted by Gasteiger charge is -2.27. The number of esters is 1. The number of carbonyl (C=O) groups excluding carboxylic acids is 2. The normalized spacial score (nSPS) is 14.5. The smallest absolute Gasteiger partial charge is 0.456 e. The van der Waals surface area contributed by atoms with Gasteiger partial charge in [-0.2, -0.15) is 0 Å². The number of phosphoric ester groups is 1. The van der Waals surface area contributed by atoms with Gasteiger partial charge < -0.3 is 19.4 Å². The number of nitrogens with zero attached hydrogens (tertiary/aromatic N) is 1. The van der Waals surface area contributed by atoms with Crippen LogP contribution in [0.15, 0.2) is 134 Å². The van der Waals surface area contributed by atoms with Crippen LogP contribution in [0, 0.1) is 0 Å². The second-order valence-electron chi connectivity index (χ2n) is 22.5. The van der Waals surface area contributed by atoms with Crippen molar-refractivity contribution in [2.75, 3.05) is 40.9 Å². The molecule has 0 saturated heterocycles. The Labute approximate surface area is 498 Å². The van der Waals surface area contributed by atoms with E-state index < -0.39 is 20.0 Å². The lowest BCUT2D eigenvalue weighted by Crippen LogP contribution is -2.47. The predicted octanol–water partition coefficient (Wildman–Crippen LogP) is 20.4. The van der Waals surface area contributed by atoms with Crippen LogP contribution in [0.25, 0.3) is 0 Å². The van der Waals surface area contributed by atoms with Gasteiger partial charge in [-0.15, -0.1) is 0 Å². The molecule has 0 radical (unpaired) electrons. The van der Waals surface area contributed by atoms with Crippen LogP contribution in [0.1, 0.15) is 252 Å². The highest BCUT2D eigenvalue weighted by atomic mass is 31.2. The summed E-state index contributed by atoms with van der Waals surface area (Å²) in [6.07, 6.45) is 84.6. The number of hydrogen-bond donors (Lipinski definition) is 2. The highest BCUT2D eigenvalue weighted by Crippen LogP contribution is 2.43. The van der Waals surface area contributed by atoms with Crippen LogP contribution in [-0.2, 0) is 27.9 Å². The minimum absolute atomic E-state index is 0.0216. The van der Waals surface area contributed by atoms with Crippen LogP contribution in [0.5, 0.6) is 0 Å². The van der Waals surface area contributed by atoms with Crippen molar-refractivity contribution < 1.29 is 37.3 Å². The van der Waals surface area contributed by atoms with Gasteiger partial charge in [0.25, 0.3) is 0 Å². The van der Waals surface area contributed by atoms with E-state index in [-0.39, 0.29) is 37.9 Å². The summed E-state index contributed by atoms with van der Waals surface area (Å²) in [4.78, 5) is 37.8. The van der Waals surface area contributed by atoms with Crippen molar-refractivity contribution in [1.82, 2.24) is 5.32 Å². The largest absolute Gasteiger partial charge is 0.472 e. The Morgan fingerprint density at radius 1 is 0.444 bits per heavy atom. The third-order valence-corrected chi connectivity index (χ3v) is 14.6. The molecule has 10 heteroatoms. The maximum Gasteiger partial charge on any atom is 0.472 e. The molecule has 2 N–H and O–H groups in total. The zero-order valence-corrected chi connectivity index (χ0v) is 53.6. The zero-order valence-electron chi connectivity index (χ0n) is 52.7. The fourth-order valence-electron chi connectivity index (χ4n) is 8.65. The van der Waals surface area contributed by atoms with Crippen molar-refractivity contribution in [3.05, 3.63) is 134 Å². The SMILES string of the molecule is CC/C=C\C/C=C\C/C=C\C/C=C\C/C=C\CCCCCCCCCCCC(=O)OC(/C=C\CCCCCCCCCCCCC)C(COP(=O)(O)OCC[N+](C)(C)C)NC(=O)CCC/C=C\C/C=C\C/C=C\C/C=C\C/C=C\CC. The molecule has 0 aromatic carbocycles. The summed E-state index contributed by atoms with van der Waals surface area (Å²) in [6, 6.07) is -0.890. The molecule has 0 aromatic heterocycles. The summed E-state index contributed by atoms with van der Waals surface area (Å²) < 4.78 is 30.7. The molecule has 0 aromatic rings. The summed E-state index contributed by atoms with van der Waals surface area (Å²) in [6.45, 7) is 6.73. The van der Waals surface area contributed by atoms with E-state index in [1.807, 2.05) is 33.3 Å². The first-order chi connectivity index (χ1) is 39.4. The summed E-state index contributed by atoms with van der Waals surface area (Å²) in [5, 5.41) is 3.02. The Balaban J connectivity index is 5.28. The van der Waals surface area contributed by atoms with Crippen LogP contribution in [0.4, 0.5) is 0 Å². The molecule has 462 valence electrons. The standard InChI is InChI=1S/C71H121N2O7P/c1-7-10-13-16-19-22-25-28-30-32-33-34-35-36-37-38-39-41-43-46-49-52-55-58-61-64-71(75)80-69(62-59-56-53-50-47-44-27-24-21-18-15-12-9-3)68(67-79-81(76,77)78-66-65-73(4,5)6)72-70(74)63-60-57-54-51-48-45-42-40-31-29-26-23-20-17-14-11-8-2/h10-11,13-14,19-20,22-23,28-31,33-34,36-37,42,45,51,54,59,62,68-69H,7-9,12,15-18,21,24-27,32,35,38-41,43-44,46-50,52-53,55-58,60-61,63-67H2,1-6H3,(H-,72,74,76,77)/p+1/b13-10-,14-11-,22-19-,23-20-,30-28-,31-29-,34-33-,37-36-,45-42-,54-51-,62-59-. The van der Waals surface area contributed by atoms with E-state index >= 15 is 0 Å². The van der Waals surface area contributed by atoms with Crippen molar-refractivity contribution in [1.29, 1.82) is 0 Å². The van der Waals surface area contributed by atoms with Gasteiger partial charge in [0.2, 0.25) is 5.91 Å². The molecule has 0 bridgehead atoms. The van der Waals surface area contributed by atoms with Crippen molar-refractivity contribution in [2.24, 2.45) is 0 Å². The first-order valence-electron chi connectivity index (χ1n) is 32.5. The summed E-state index contributed by atoms with van der Waals surface area (Å²) >= 11 is 0. The number of likely N-dealkylation sites (N-methyl/N-ethyl adjacent to an activating group) is 1. The molecule has 0 spiro atoms. The van der Waals surface area contributed by atoms with Crippen LogP contribution in [0.2, 0.25) is 0 Å². The Hall–Kier alpha value is -3.85. The number of hydrogen-bond acceptors (Lipinski definition) is 6. The Bertz CT molecular complexity index is 1850. The number of rotatable bonds is 57. The number of phosphoric acid groups is 1. The molecule has 0 heterocycles. The number of nitrogens with one attached hydrogen (secondary N) is 1. The number of quaternary nitrogens is 1. The van der Waals surface area contributed by atoms with Crippen molar-refractivity contribution in [3.8, 4) is 0 Å². The Morgan fingerprint density at radius 3 is 1.21 bits per heavy atom. The Kier molecular flexibility index (Phi) is 56.5. The molecule has 0 fully saturated rings. The minimum Gasteiger partial charge on any atom is -0.456 e. The topological polar surface area (TPSA) is 111 Å². The molecule has 3 unspecified atom stereocenters. The van der Waals surface area contributed by atoms with Crippen LogP contribution < -0.4 is 5.32 Å². The van der Waals surface area contributed by atoms with E-state index in [0.29, 0.717) is 17.4 Å². The van der Waals surface area contributed by atoms with E-state index in [0.717, 1.165) is 122 Å². The van der Waals surface area contributed by atoms with Gasteiger partial charge in [0.1, 0.15) is 19.3 Å². The first kappa shape index (κ1) is 77.2. The Morgan fingerprint density at radius 2 is 0.802 bits per heavy atom. The summed E-state index contributed by atoms with van der Waals surface area (Å²) in [7, 11) is 1.44. The molecule has 3 atom stereocenters. The number of ether oxygens (including phenoxy) is 1. The molecule has 1 amide bonds. The predicted molar refractivity (Wildman–Crippen MR) is 350 cm³/mol. The molecular formula is C71H122N2O7P+. The van der Waals surface area contributed by atoms with Gasteiger partial charge >= 0.3 is 13.8 Å². The van der Waals surface area contributed by atoms with E-state index in [9.17, 15) is 19.0 Å². The third-order valence-electron chi connectivity index (χ3n) is 13.6. The van der Waals surface area contributed by atoms with Crippen LogP contribution in [0.3, 0.4) is 0 Å². The number of amides is 1. The molecule has 0 saturated carbocycles. The van der Waals surface area contributed by atoms with Crippen molar-refractivity contribution in [2.45, 2.75) is 264 Å². The zero-order chi connectivity index (χ0) is 59.3. The fourth-order valence-corrected chi connectivity index (χ4v) is 9.38. The van der Waals surface area contributed by atoms with Crippen molar-refractivity contribution in [3.63, 3.8) is 0 Å². The van der Waals surface area contributed by atoms with Gasteiger partial charge in [-0.1, -0.05) is 258 Å². The fraction of sp³-hybridized carbons (Fsp3) is 0.662. The molecular weight excluding hydrogens is 1020 g/mol. The molecule has 0 aliphatic carbocycles. The number of carbonyl (C=O) groups is 2. The van der Waals surface area contributed by atoms with Gasteiger partial charge in [-0.25, -0.2) is 4.57 Å². The average molecular weight is 1150 g/mol. The number of unbranched alkanes of at least 4 members (excludes halogenated alkanes) is 21. The van der Waals surface area contributed by atoms with E-state index in [2.05, 4.69) is 148 Å². The van der Waals surface area contributed by atoms with E-state index in [4.69, 9.17) is 13.8 Å². The quantitative estimate of drug-likeness (QED) is 0.0205. The van der Waals surface area contributed by atoms with Crippen molar-refractivity contribution >= 4 is 19.7 Å². The van der Waals surface area contributed by atoms with E-state index in [1.54, 1.807) is 0 Å². The lowest BCUT2D eigenvalue weighted by molar-refractivity contribution is -0.870. The van der Waals surface area contributed by atoms with Crippen LogP contribution >= 0.6 is 7.82 Å². The summed E-state index contributed by atoms with van der Waals surface area (Å²) in [5.74, 6) is -0.587. The first-order valence-corrected chi connectivity index (χ1v) is 34.0. The molecule has 0 rings (SSSR count).